The summed E-state index contributed by atoms with van der Waals surface area (Å²) in [7, 11) is 0. The average molecular weight is 227 g/mol. The van der Waals surface area contributed by atoms with E-state index in [4.69, 9.17) is 5.11 Å². The predicted octanol–water partition coefficient (Wildman–Crippen LogP) is 2.08. The number of carboxylic acid groups (broad SMARTS) is 1. The zero-order chi connectivity index (χ0) is 11.8. The topological polar surface area (TPSA) is 50.2 Å². The number of pyridine rings is 1. The van der Waals surface area contributed by atoms with Crippen LogP contribution in [0.25, 0.3) is 0 Å². The molecular formula is C7H2F5NO2. The molecule has 8 heteroatoms. The molecule has 0 aromatic carbocycles. The molecule has 0 unspecified atom stereocenters. The van der Waals surface area contributed by atoms with Crippen molar-refractivity contribution < 1.29 is 31.9 Å². The molecule has 1 aromatic rings. The van der Waals surface area contributed by atoms with E-state index in [0.717, 1.165) is 0 Å². The molecule has 0 aliphatic carbocycles. The molecule has 0 atom stereocenters. The highest BCUT2D eigenvalue weighted by atomic mass is 19.4. The van der Waals surface area contributed by atoms with Gasteiger partial charge in [-0.15, -0.1) is 0 Å². The van der Waals surface area contributed by atoms with Crippen LogP contribution in [0.4, 0.5) is 22.0 Å². The number of carbonyl (C=O) groups is 1. The Bertz CT molecular complexity index is 415. The standard InChI is InChI=1S/C7H2F5NO2/c8-4-3(6(14)15)2(7(10,11)12)1-13-5(4)9/h1H,(H,14,15). The summed E-state index contributed by atoms with van der Waals surface area (Å²) in [5.41, 5.74) is -3.59. The maximum Gasteiger partial charge on any atom is 0.418 e. The van der Waals surface area contributed by atoms with Gasteiger partial charge in [0.2, 0.25) is 5.95 Å². The van der Waals surface area contributed by atoms with Gasteiger partial charge >= 0.3 is 12.1 Å². The number of halogens is 5. The highest BCUT2D eigenvalue weighted by Crippen LogP contribution is 2.32. The average Bonchev–Trinajstić information content (AvgIpc) is 2.06. The molecular weight excluding hydrogens is 225 g/mol. The first-order chi connectivity index (χ1) is 6.75. The van der Waals surface area contributed by atoms with E-state index in [2.05, 4.69) is 4.98 Å². The normalized spacial score (nSPS) is 11.5. The van der Waals surface area contributed by atoms with Crippen molar-refractivity contribution in [1.29, 1.82) is 0 Å². The van der Waals surface area contributed by atoms with E-state index in [0.29, 0.717) is 0 Å². The first-order valence-corrected chi connectivity index (χ1v) is 3.39. The molecule has 3 nitrogen and oxygen atoms in total. The number of aromatic carboxylic acids is 1. The molecule has 15 heavy (non-hydrogen) atoms. The molecule has 0 saturated heterocycles. The molecule has 0 saturated carbocycles. The Morgan fingerprint density at radius 1 is 1.33 bits per heavy atom. The summed E-state index contributed by atoms with van der Waals surface area (Å²) >= 11 is 0. The van der Waals surface area contributed by atoms with Crippen LogP contribution < -0.4 is 0 Å². The van der Waals surface area contributed by atoms with Crippen molar-refractivity contribution in [3.8, 4) is 0 Å². The van der Waals surface area contributed by atoms with Crippen LogP contribution in [0.1, 0.15) is 15.9 Å². The molecule has 0 fully saturated rings. The largest absolute Gasteiger partial charge is 0.478 e. The van der Waals surface area contributed by atoms with E-state index < -0.39 is 35.0 Å². The summed E-state index contributed by atoms with van der Waals surface area (Å²) < 4.78 is 61.5. The van der Waals surface area contributed by atoms with E-state index >= 15 is 0 Å². The van der Waals surface area contributed by atoms with E-state index in [1.165, 1.54) is 0 Å². The SMILES string of the molecule is O=C(O)c1c(C(F)(F)F)cnc(F)c1F. The Balaban J connectivity index is 3.55. The predicted molar refractivity (Wildman–Crippen MR) is 36.1 cm³/mol. The third-order valence-corrected chi connectivity index (χ3v) is 1.50. The second-order valence-electron chi connectivity index (χ2n) is 2.45. The number of nitrogens with zero attached hydrogens (tertiary/aromatic N) is 1. The zero-order valence-corrected chi connectivity index (χ0v) is 6.77. The lowest BCUT2D eigenvalue weighted by atomic mass is 10.1. The molecule has 0 aliphatic rings. The number of aromatic nitrogens is 1. The summed E-state index contributed by atoms with van der Waals surface area (Å²) in [4.78, 5) is 12.8. The minimum atomic E-state index is -5.10. The third kappa shape index (κ3) is 2.03. The fourth-order valence-electron chi connectivity index (χ4n) is 0.888. The number of carboxylic acids is 1. The molecule has 1 rings (SSSR count). The fraction of sp³-hybridized carbons (Fsp3) is 0.143. The summed E-state index contributed by atoms with van der Waals surface area (Å²) in [6.45, 7) is 0. The van der Waals surface area contributed by atoms with Crippen LogP contribution in [-0.2, 0) is 6.18 Å². The fourth-order valence-corrected chi connectivity index (χ4v) is 0.888. The Hall–Kier alpha value is -1.73. The summed E-state index contributed by atoms with van der Waals surface area (Å²) in [5.74, 6) is -6.22. The van der Waals surface area contributed by atoms with Gasteiger partial charge in [-0.1, -0.05) is 0 Å². The minimum Gasteiger partial charge on any atom is -0.478 e. The van der Waals surface area contributed by atoms with Gasteiger partial charge in [-0.05, 0) is 0 Å². The Labute approximate surface area is 79.2 Å². The van der Waals surface area contributed by atoms with E-state index in [1.54, 1.807) is 0 Å². The Kier molecular flexibility index (Phi) is 2.61. The van der Waals surface area contributed by atoms with Crippen molar-refractivity contribution in [3.05, 3.63) is 29.1 Å². The van der Waals surface area contributed by atoms with Crippen LogP contribution in [0, 0.1) is 11.8 Å². The lowest BCUT2D eigenvalue weighted by molar-refractivity contribution is -0.138. The van der Waals surface area contributed by atoms with Gasteiger partial charge in [0.25, 0.3) is 0 Å². The van der Waals surface area contributed by atoms with Crippen LogP contribution in [0.3, 0.4) is 0 Å². The molecule has 0 radical (unpaired) electrons. The van der Waals surface area contributed by atoms with Crippen molar-refractivity contribution >= 4 is 5.97 Å². The highest BCUT2D eigenvalue weighted by molar-refractivity contribution is 5.89. The Morgan fingerprint density at radius 2 is 1.87 bits per heavy atom. The van der Waals surface area contributed by atoms with Crippen molar-refractivity contribution in [2.24, 2.45) is 0 Å². The second-order valence-corrected chi connectivity index (χ2v) is 2.45. The first-order valence-electron chi connectivity index (χ1n) is 3.39. The van der Waals surface area contributed by atoms with Gasteiger partial charge in [-0.3, -0.25) is 0 Å². The van der Waals surface area contributed by atoms with Crippen molar-refractivity contribution in [3.63, 3.8) is 0 Å². The van der Waals surface area contributed by atoms with E-state index in [1.807, 2.05) is 0 Å². The van der Waals surface area contributed by atoms with Gasteiger partial charge in [0, 0.05) is 6.20 Å². The number of rotatable bonds is 1. The lowest BCUT2D eigenvalue weighted by Gasteiger charge is -2.09. The molecule has 1 heterocycles. The van der Waals surface area contributed by atoms with Crippen LogP contribution in [0.2, 0.25) is 0 Å². The number of hydrogen-bond acceptors (Lipinski definition) is 2. The minimum absolute atomic E-state index is 0.0676. The summed E-state index contributed by atoms with van der Waals surface area (Å²) in [6, 6.07) is 0. The molecule has 0 amide bonds. The van der Waals surface area contributed by atoms with Gasteiger partial charge in [0.15, 0.2) is 5.82 Å². The molecule has 1 N–H and O–H groups in total. The monoisotopic (exact) mass is 227 g/mol. The molecule has 82 valence electrons. The molecule has 0 aliphatic heterocycles. The third-order valence-electron chi connectivity index (χ3n) is 1.50. The van der Waals surface area contributed by atoms with Gasteiger partial charge in [0.05, 0.1) is 5.56 Å². The second kappa shape index (κ2) is 3.44. The van der Waals surface area contributed by atoms with Gasteiger partial charge in [0.1, 0.15) is 5.56 Å². The van der Waals surface area contributed by atoms with Crippen molar-refractivity contribution in [1.82, 2.24) is 4.98 Å². The van der Waals surface area contributed by atoms with Crippen LogP contribution in [0.5, 0.6) is 0 Å². The van der Waals surface area contributed by atoms with E-state index in [-0.39, 0.29) is 6.20 Å². The van der Waals surface area contributed by atoms with Crippen molar-refractivity contribution in [2.45, 2.75) is 6.18 Å². The number of hydrogen-bond donors (Lipinski definition) is 1. The maximum absolute atomic E-state index is 12.7. The molecule has 1 aromatic heterocycles. The maximum atomic E-state index is 12.7. The zero-order valence-electron chi connectivity index (χ0n) is 6.77. The highest BCUT2D eigenvalue weighted by Gasteiger charge is 2.38. The Morgan fingerprint density at radius 3 is 2.27 bits per heavy atom. The van der Waals surface area contributed by atoms with Crippen LogP contribution in [0.15, 0.2) is 6.20 Å². The first kappa shape index (κ1) is 11.3. The smallest absolute Gasteiger partial charge is 0.418 e. The summed E-state index contributed by atoms with van der Waals surface area (Å²) in [6.07, 6.45) is -5.17. The van der Waals surface area contributed by atoms with E-state index in [9.17, 15) is 26.7 Å². The van der Waals surface area contributed by atoms with Crippen LogP contribution in [-0.4, -0.2) is 16.1 Å². The summed E-state index contributed by atoms with van der Waals surface area (Å²) in [5, 5.41) is 8.30. The molecule has 0 spiro atoms. The van der Waals surface area contributed by atoms with Gasteiger partial charge in [-0.2, -0.15) is 17.6 Å². The van der Waals surface area contributed by atoms with Crippen LogP contribution >= 0.6 is 0 Å². The number of alkyl halides is 3. The molecule has 0 bridgehead atoms. The quantitative estimate of drug-likeness (QED) is 0.590. The van der Waals surface area contributed by atoms with Crippen molar-refractivity contribution in [2.75, 3.05) is 0 Å². The van der Waals surface area contributed by atoms with Gasteiger partial charge < -0.3 is 5.11 Å². The van der Waals surface area contributed by atoms with Gasteiger partial charge in [-0.25, -0.2) is 14.2 Å². The lowest BCUT2D eigenvalue weighted by Crippen LogP contribution is -2.17.